The van der Waals surface area contributed by atoms with Crippen molar-refractivity contribution >= 4 is 39.0 Å². The van der Waals surface area contributed by atoms with Gasteiger partial charge in [-0.2, -0.15) is 0 Å². The Bertz CT molecular complexity index is 1100. The number of anilines is 1. The summed E-state index contributed by atoms with van der Waals surface area (Å²) >= 11 is 7.93. The highest BCUT2D eigenvalue weighted by molar-refractivity contribution is 7.14. The van der Waals surface area contributed by atoms with Crippen LogP contribution in [0.15, 0.2) is 66.6 Å². The van der Waals surface area contributed by atoms with Gasteiger partial charge in [-0.3, -0.25) is 0 Å². The molecule has 0 spiro atoms. The van der Waals surface area contributed by atoms with Gasteiger partial charge in [-0.25, -0.2) is 4.98 Å². The average molecular weight is 394 g/mol. The summed E-state index contributed by atoms with van der Waals surface area (Å²) in [7, 11) is 0. The fourth-order valence-electron chi connectivity index (χ4n) is 3.38. The Kier molecular flexibility index (Phi) is 5.01. The number of thiazole rings is 1. The minimum atomic E-state index is 0.702. The van der Waals surface area contributed by atoms with Crippen molar-refractivity contribution in [2.45, 2.75) is 13.5 Å². The molecule has 0 aliphatic rings. The second-order valence-electron chi connectivity index (χ2n) is 6.40. The van der Waals surface area contributed by atoms with Gasteiger partial charge in [-0.15, -0.1) is 17.9 Å². The molecule has 4 aromatic rings. The fraction of sp³-hybridized carbons (Fsp3) is 0.136. The van der Waals surface area contributed by atoms with Crippen molar-refractivity contribution in [2.24, 2.45) is 0 Å². The maximum atomic E-state index is 6.32. The molecular formula is C22H20ClN3S. The third kappa shape index (κ3) is 3.51. The predicted octanol–water partition coefficient (Wildman–Crippen LogP) is 6.37. The number of nitrogens with one attached hydrogen (secondary N) is 1. The lowest BCUT2D eigenvalue weighted by Gasteiger charge is -2.09. The number of nitrogens with zero attached hydrogens (tertiary/aromatic N) is 2. The van der Waals surface area contributed by atoms with Crippen LogP contribution in [0.4, 0.5) is 5.13 Å². The molecule has 0 fully saturated rings. The SMILES string of the molecule is C=CCNc1nc(-c2c(C)n(Cc3ccccc3)c3ccc(Cl)cc23)cs1. The Morgan fingerprint density at radius 2 is 2.04 bits per heavy atom. The van der Waals surface area contributed by atoms with E-state index in [1.54, 1.807) is 11.3 Å². The highest BCUT2D eigenvalue weighted by atomic mass is 35.5. The van der Waals surface area contributed by atoms with E-state index in [1.807, 2.05) is 24.3 Å². The van der Waals surface area contributed by atoms with Crippen LogP contribution in [0.2, 0.25) is 5.02 Å². The molecule has 0 atom stereocenters. The predicted molar refractivity (Wildman–Crippen MR) is 117 cm³/mol. The van der Waals surface area contributed by atoms with Crippen LogP contribution in [0.3, 0.4) is 0 Å². The van der Waals surface area contributed by atoms with Crippen LogP contribution in [-0.4, -0.2) is 16.1 Å². The molecule has 2 aromatic heterocycles. The van der Waals surface area contributed by atoms with Crippen LogP contribution >= 0.6 is 22.9 Å². The average Bonchev–Trinajstić information content (AvgIpc) is 3.23. The van der Waals surface area contributed by atoms with Gasteiger partial charge in [-0.1, -0.05) is 48.0 Å². The molecule has 0 saturated heterocycles. The van der Waals surface area contributed by atoms with E-state index in [0.29, 0.717) is 6.54 Å². The van der Waals surface area contributed by atoms with Crippen molar-refractivity contribution < 1.29 is 0 Å². The van der Waals surface area contributed by atoms with Gasteiger partial charge in [0.2, 0.25) is 0 Å². The number of halogens is 1. The first kappa shape index (κ1) is 17.8. The van der Waals surface area contributed by atoms with E-state index in [0.717, 1.165) is 33.3 Å². The highest BCUT2D eigenvalue weighted by Gasteiger charge is 2.18. The van der Waals surface area contributed by atoms with E-state index in [2.05, 4.69) is 59.1 Å². The monoisotopic (exact) mass is 393 g/mol. The zero-order valence-electron chi connectivity index (χ0n) is 15.1. The van der Waals surface area contributed by atoms with Crippen LogP contribution in [0.25, 0.3) is 22.2 Å². The van der Waals surface area contributed by atoms with Gasteiger partial charge in [-0.05, 0) is 30.7 Å². The van der Waals surface area contributed by atoms with E-state index in [9.17, 15) is 0 Å². The molecule has 0 saturated carbocycles. The maximum Gasteiger partial charge on any atom is 0.183 e. The summed E-state index contributed by atoms with van der Waals surface area (Å²) in [5.74, 6) is 0. The summed E-state index contributed by atoms with van der Waals surface area (Å²) in [4.78, 5) is 4.78. The normalized spacial score (nSPS) is 11.0. The molecule has 27 heavy (non-hydrogen) atoms. The fourth-order valence-corrected chi connectivity index (χ4v) is 4.26. The number of hydrogen-bond donors (Lipinski definition) is 1. The number of fused-ring (bicyclic) bond motifs is 1. The quantitative estimate of drug-likeness (QED) is 0.385. The third-order valence-electron chi connectivity index (χ3n) is 4.63. The molecule has 0 amide bonds. The standard InChI is InChI=1S/C22H20ClN3S/c1-3-11-24-22-25-19(14-27-22)21-15(2)26(13-16-7-5-4-6-8-16)20-10-9-17(23)12-18(20)21/h3-10,12,14H,1,11,13H2,2H3,(H,24,25). The second kappa shape index (κ2) is 7.59. The molecule has 0 aliphatic carbocycles. The molecule has 0 radical (unpaired) electrons. The molecule has 4 rings (SSSR count). The largest absolute Gasteiger partial charge is 0.358 e. The van der Waals surface area contributed by atoms with Gasteiger partial charge in [0.25, 0.3) is 0 Å². The maximum absolute atomic E-state index is 6.32. The van der Waals surface area contributed by atoms with Gasteiger partial charge in [0.05, 0.1) is 5.69 Å². The first-order valence-corrected chi connectivity index (χ1v) is 10.1. The molecule has 0 bridgehead atoms. The van der Waals surface area contributed by atoms with Crippen molar-refractivity contribution in [2.75, 3.05) is 11.9 Å². The van der Waals surface area contributed by atoms with Crippen molar-refractivity contribution in [3.05, 3.63) is 82.8 Å². The van der Waals surface area contributed by atoms with E-state index >= 15 is 0 Å². The first-order chi connectivity index (χ1) is 13.2. The van der Waals surface area contributed by atoms with Crippen molar-refractivity contribution in [1.29, 1.82) is 0 Å². The summed E-state index contributed by atoms with van der Waals surface area (Å²) in [5.41, 5.74) is 5.75. The van der Waals surface area contributed by atoms with Gasteiger partial charge in [0, 0.05) is 45.7 Å². The van der Waals surface area contributed by atoms with Crippen LogP contribution in [0.1, 0.15) is 11.3 Å². The molecular weight excluding hydrogens is 374 g/mol. The number of benzene rings is 2. The highest BCUT2D eigenvalue weighted by Crippen LogP contribution is 2.37. The van der Waals surface area contributed by atoms with Crippen molar-refractivity contribution in [3.8, 4) is 11.3 Å². The zero-order chi connectivity index (χ0) is 18.8. The molecule has 1 N–H and O–H groups in total. The van der Waals surface area contributed by atoms with E-state index in [-0.39, 0.29) is 0 Å². The molecule has 2 aromatic carbocycles. The zero-order valence-corrected chi connectivity index (χ0v) is 16.6. The first-order valence-electron chi connectivity index (χ1n) is 8.80. The van der Waals surface area contributed by atoms with Crippen molar-refractivity contribution in [1.82, 2.24) is 9.55 Å². The summed E-state index contributed by atoms with van der Waals surface area (Å²) in [6.45, 7) is 7.42. The summed E-state index contributed by atoms with van der Waals surface area (Å²) in [6.07, 6.45) is 1.83. The van der Waals surface area contributed by atoms with E-state index in [1.165, 1.54) is 16.8 Å². The Labute approximate surface area is 167 Å². The van der Waals surface area contributed by atoms with Crippen LogP contribution in [0, 0.1) is 6.92 Å². The molecule has 0 aliphatic heterocycles. The summed E-state index contributed by atoms with van der Waals surface area (Å²) < 4.78 is 2.34. The molecule has 5 heteroatoms. The van der Waals surface area contributed by atoms with Crippen LogP contribution in [-0.2, 0) is 6.54 Å². The van der Waals surface area contributed by atoms with Crippen molar-refractivity contribution in [3.63, 3.8) is 0 Å². The molecule has 136 valence electrons. The van der Waals surface area contributed by atoms with Gasteiger partial charge in [0.1, 0.15) is 0 Å². The van der Waals surface area contributed by atoms with Gasteiger partial charge in [0.15, 0.2) is 5.13 Å². The number of hydrogen-bond acceptors (Lipinski definition) is 3. The number of aromatic nitrogens is 2. The Morgan fingerprint density at radius 3 is 2.81 bits per heavy atom. The summed E-state index contributed by atoms with van der Waals surface area (Å²) in [5, 5.41) is 8.14. The van der Waals surface area contributed by atoms with Crippen LogP contribution < -0.4 is 5.32 Å². The van der Waals surface area contributed by atoms with E-state index < -0.39 is 0 Å². The second-order valence-corrected chi connectivity index (χ2v) is 7.70. The summed E-state index contributed by atoms with van der Waals surface area (Å²) in [6, 6.07) is 16.6. The van der Waals surface area contributed by atoms with Gasteiger partial charge < -0.3 is 9.88 Å². The van der Waals surface area contributed by atoms with Crippen LogP contribution in [0.5, 0.6) is 0 Å². The lowest BCUT2D eigenvalue weighted by molar-refractivity contribution is 0.806. The molecule has 0 unspecified atom stereocenters. The third-order valence-corrected chi connectivity index (χ3v) is 5.66. The molecule has 2 heterocycles. The smallest absolute Gasteiger partial charge is 0.183 e. The lowest BCUT2D eigenvalue weighted by Crippen LogP contribution is -2.01. The van der Waals surface area contributed by atoms with E-state index in [4.69, 9.17) is 16.6 Å². The Morgan fingerprint density at radius 1 is 1.22 bits per heavy atom. The molecule has 3 nitrogen and oxygen atoms in total. The minimum absolute atomic E-state index is 0.702. The van der Waals surface area contributed by atoms with Gasteiger partial charge >= 0.3 is 0 Å². The Hall–Kier alpha value is -2.56. The lowest BCUT2D eigenvalue weighted by atomic mass is 10.1. The topological polar surface area (TPSA) is 29.9 Å². The minimum Gasteiger partial charge on any atom is -0.358 e. The Balaban J connectivity index is 1.85. The number of rotatable bonds is 6.